The molecule has 10 nitrogen and oxygen atoms in total. The molecular weight excluding hydrogens is 430 g/mol. The molecule has 178 valence electrons. The van der Waals surface area contributed by atoms with Crippen LogP contribution in [-0.4, -0.2) is 43.0 Å². The maximum Gasteiger partial charge on any atom is 0.336 e. The number of nitro groups is 1. The number of nitro benzene ring substituents is 1. The van der Waals surface area contributed by atoms with Gasteiger partial charge in [-0.25, -0.2) is 9.59 Å². The molecule has 0 unspecified atom stereocenters. The van der Waals surface area contributed by atoms with Gasteiger partial charge in [0.2, 0.25) is 0 Å². The Morgan fingerprint density at radius 1 is 1.15 bits per heavy atom. The van der Waals surface area contributed by atoms with Crippen LogP contribution in [0.4, 0.5) is 5.69 Å². The number of nitrogens with zero attached hydrogens (tertiary/aromatic N) is 1. The predicted octanol–water partition coefficient (Wildman–Crippen LogP) is 2.71. The van der Waals surface area contributed by atoms with Gasteiger partial charge in [0, 0.05) is 29.1 Å². The first-order valence-electron chi connectivity index (χ1n) is 10.5. The maximum atomic E-state index is 13.5. The SMILES string of the molecule is CC[C@H](C)[C@H](NC(=O)C1=C(C)NC(C)=C(C(=O)OC)[C@H]1c1cccc([N+](=O)[O-])c1)C(=O)OC. The molecule has 0 saturated carbocycles. The van der Waals surface area contributed by atoms with Crippen molar-refractivity contribution in [1.82, 2.24) is 10.6 Å². The fourth-order valence-electron chi connectivity index (χ4n) is 3.84. The minimum absolute atomic E-state index is 0.145. The Bertz CT molecular complexity index is 1030. The van der Waals surface area contributed by atoms with Crippen LogP contribution < -0.4 is 10.6 Å². The molecule has 0 fully saturated rings. The number of methoxy groups -OCH3 is 2. The summed E-state index contributed by atoms with van der Waals surface area (Å²) in [5.74, 6) is -3.03. The highest BCUT2D eigenvalue weighted by Crippen LogP contribution is 2.39. The first kappa shape index (κ1) is 25.6. The number of ether oxygens (including phenoxy) is 2. The molecule has 0 aliphatic carbocycles. The average Bonchev–Trinajstić information content (AvgIpc) is 2.80. The van der Waals surface area contributed by atoms with E-state index in [2.05, 4.69) is 10.6 Å². The normalized spacial score (nSPS) is 17.6. The van der Waals surface area contributed by atoms with Gasteiger partial charge in [-0.3, -0.25) is 14.9 Å². The number of benzene rings is 1. The standard InChI is InChI=1S/C23H29N3O7/c1-7-12(2)20(23(29)33-6)25-21(27)17-13(3)24-14(4)18(22(28)32-5)19(17)15-9-8-10-16(11-15)26(30)31/h8-12,19-20,24H,7H2,1-6H3,(H,25,27)/t12-,19-,20-/m0/s1. The first-order chi connectivity index (χ1) is 15.6. The van der Waals surface area contributed by atoms with Gasteiger partial charge in [0.15, 0.2) is 0 Å². The second-order valence-electron chi connectivity index (χ2n) is 7.84. The molecule has 0 spiro atoms. The van der Waals surface area contributed by atoms with Crippen LogP contribution in [-0.2, 0) is 23.9 Å². The first-order valence-corrected chi connectivity index (χ1v) is 10.5. The molecule has 10 heteroatoms. The van der Waals surface area contributed by atoms with Crippen molar-refractivity contribution in [1.29, 1.82) is 0 Å². The summed E-state index contributed by atoms with van der Waals surface area (Å²) in [5.41, 5.74) is 1.39. The third-order valence-corrected chi connectivity index (χ3v) is 5.78. The second kappa shape index (κ2) is 10.8. The molecule has 0 saturated heterocycles. The lowest BCUT2D eigenvalue weighted by Crippen LogP contribution is -2.48. The van der Waals surface area contributed by atoms with E-state index < -0.39 is 34.7 Å². The molecule has 2 N–H and O–H groups in total. The molecule has 2 rings (SSSR count). The number of hydrogen-bond donors (Lipinski definition) is 2. The van der Waals surface area contributed by atoms with Gasteiger partial charge in [-0.1, -0.05) is 32.4 Å². The molecule has 1 aliphatic rings. The van der Waals surface area contributed by atoms with E-state index in [4.69, 9.17) is 9.47 Å². The molecule has 0 bridgehead atoms. The van der Waals surface area contributed by atoms with Crippen molar-refractivity contribution in [2.75, 3.05) is 14.2 Å². The minimum atomic E-state index is -0.950. The molecule has 1 aliphatic heterocycles. The van der Waals surface area contributed by atoms with Gasteiger partial charge in [0.25, 0.3) is 11.6 Å². The third kappa shape index (κ3) is 5.39. The van der Waals surface area contributed by atoms with Gasteiger partial charge in [0.05, 0.1) is 30.6 Å². The van der Waals surface area contributed by atoms with Crippen LogP contribution in [0.1, 0.15) is 45.6 Å². The molecule has 0 radical (unpaired) electrons. The summed E-state index contributed by atoms with van der Waals surface area (Å²) >= 11 is 0. The Hall–Kier alpha value is -3.69. The number of rotatable bonds is 8. The number of allylic oxidation sites excluding steroid dienone is 2. The second-order valence-corrected chi connectivity index (χ2v) is 7.84. The van der Waals surface area contributed by atoms with Crippen LogP contribution in [0.2, 0.25) is 0 Å². The molecular formula is C23H29N3O7. The fourth-order valence-corrected chi connectivity index (χ4v) is 3.84. The third-order valence-electron chi connectivity index (χ3n) is 5.78. The van der Waals surface area contributed by atoms with Crippen molar-refractivity contribution < 1.29 is 28.8 Å². The van der Waals surface area contributed by atoms with E-state index in [0.717, 1.165) is 0 Å². The monoisotopic (exact) mass is 459 g/mol. The smallest absolute Gasteiger partial charge is 0.336 e. The molecule has 1 amide bonds. The summed E-state index contributed by atoms with van der Waals surface area (Å²) < 4.78 is 9.80. The molecule has 1 aromatic carbocycles. The van der Waals surface area contributed by atoms with Gasteiger partial charge in [-0.15, -0.1) is 0 Å². The lowest BCUT2D eigenvalue weighted by atomic mass is 9.79. The predicted molar refractivity (Wildman–Crippen MR) is 120 cm³/mol. The number of hydrogen-bond acceptors (Lipinski definition) is 8. The number of non-ortho nitro benzene ring substituents is 1. The Morgan fingerprint density at radius 3 is 2.33 bits per heavy atom. The number of amides is 1. The van der Waals surface area contributed by atoms with Gasteiger partial charge < -0.3 is 20.1 Å². The Labute approximate surface area is 192 Å². The van der Waals surface area contributed by atoms with E-state index in [1.54, 1.807) is 19.9 Å². The van der Waals surface area contributed by atoms with Gasteiger partial charge in [-0.05, 0) is 25.3 Å². The number of carbonyl (C=O) groups excluding carboxylic acids is 3. The van der Waals surface area contributed by atoms with E-state index in [9.17, 15) is 24.5 Å². The summed E-state index contributed by atoms with van der Waals surface area (Å²) in [6, 6.07) is 4.82. The van der Waals surface area contributed by atoms with Crippen LogP contribution in [0.3, 0.4) is 0 Å². The molecule has 33 heavy (non-hydrogen) atoms. The van der Waals surface area contributed by atoms with Gasteiger partial charge in [-0.2, -0.15) is 0 Å². The molecule has 1 heterocycles. The number of nitrogens with one attached hydrogen (secondary N) is 2. The zero-order valence-corrected chi connectivity index (χ0v) is 19.6. The number of esters is 2. The average molecular weight is 459 g/mol. The molecule has 0 aromatic heterocycles. The lowest BCUT2D eigenvalue weighted by Gasteiger charge is -2.32. The van der Waals surface area contributed by atoms with Crippen LogP contribution in [0, 0.1) is 16.0 Å². The summed E-state index contributed by atoms with van der Waals surface area (Å²) in [6.45, 7) is 7.01. The summed E-state index contributed by atoms with van der Waals surface area (Å²) in [6.07, 6.45) is 0.608. The number of dihydropyridines is 1. The summed E-state index contributed by atoms with van der Waals surface area (Å²) in [7, 11) is 2.46. The van der Waals surface area contributed by atoms with Crippen molar-refractivity contribution in [2.45, 2.75) is 46.1 Å². The molecule has 3 atom stereocenters. The summed E-state index contributed by atoms with van der Waals surface area (Å²) in [5, 5.41) is 17.1. The van der Waals surface area contributed by atoms with Crippen LogP contribution in [0.25, 0.3) is 0 Å². The van der Waals surface area contributed by atoms with E-state index in [0.29, 0.717) is 23.4 Å². The summed E-state index contributed by atoms with van der Waals surface area (Å²) in [4.78, 5) is 49.3. The highest BCUT2D eigenvalue weighted by molar-refractivity contribution is 6.03. The maximum absolute atomic E-state index is 13.5. The van der Waals surface area contributed by atoms with E-state index in [-0.39, 0.29) is 22.8 Å². The highest BCUT2D eigenvalue weighted by Gasteiger charge is 2.39. The van der Waals surface area contributed by atoms with Gasteiger partial charge in [0.1, 0.15) is 6.04 Å². The van der Waals surface area contributed by atoms with E-state index >= 15 is 0 Å². The largest absolute Gasteiger partial charge is 0.467 e. The van der Waals surface area contributed by atoms with Crippen molar-refractivity contribution >= 4 is 23.5 Å². The molecule has 1 aromatic rings. The highest BCUT2D eigenvalue weighted by atomic mass is 16.6. The van der Waals surface area contributed by atoms with Crippen LogP contribution >= 0.6 is 0 Å². The van der Waals surface area contributed by atoms with Crippen molar-refractivity contribution in [3.8, 4) is 0 Å². The van der Waals surface area contributed by atoms with E-state index in [1.165, 1.54) is 32.4 Å². The zero-order valence-electron chi connectivity index (χ0n) is 19.6. The minimum Gasteiger partial charge on any atom is -0.467 e. The van der Waals surface area contributed by atoms with Crippen LogP contribution in [0.5, 0.6) is 0 Å². The lowest BCUT2D eigenvalue weighted by molar-refractivity contribution is -0.384. The van der Waals surface area contributed by atoms with Gasteiger partial charge >= 0.3 is 11.9 Å². The van der Waals surface area contributed by atoms with Crippen molar-refractivity contribution in [3.05, 3.63) is 62.5 Å². The Kier molecular flexibility index (Phi) is 8.33. The topological polar surface area (TPSA) is 137 Å². The quantitative estimate of drug-likeness (QED) is 0.344. The van der Waals surface area contributed by atoms with Crippen molar-refractivity contribution in [3.63, 3.8) is 0 Å². The fraction of sp³-hybridized carbons (Fsp3) is 0.435. The van der Waals surface area contributed by atoms with Crippen LogP contribution in [0.15, 0.2) is 46.8 Å². The zero-order chi connectivity index (χ0) is 24.9. The van der Waals surface area contributed by atoms with E-state index in [1.807, 2.05) is 13.8 Å². The Morgan fingerprint density at radius 2 is 1.79 bits per heavy atom. The Balaban J connectivity index is 2.64. The number of carbonyl (C=O) groups is 3. The van der Waals surface area contributed by atoms with Crippen molar-refractivity contribution in [2.24, 2.45) is 5.92 Å².